The van der Waals surface area contributed by atoms with E-state index in [0.29, 0.717) is 19.4 Å². The zero-order valence-corrected chi connectivity index (χ0v) is 16.5. The number of benzene rings is 1. The second-order valence-corrected chi connectivity index (χ2v) is 8.35. The lowest BCUT2D eigenvalue weighted by Gasteiger charge is -2.47. The number of aliphatic carboxylic acids is 1. The lowest BCUT2D eigenvalue weighted by atomic mass is 9.71. The van der Waals surface area contributed by atoms with E-state index in [1.54, 1.807) is 4.80 Å². The Balaban J connectivity index is 1.49. The third kappa shape index (κ3) is 3.38. The predicted molar refractivity (Wildman–Crippen MR) is 105 cm³/mol. The van der Waals surface area contributed by atoms with E-state index in [9.17, 15) is 14.7 Å². The minimum Gasteiger partial charge on any atom is -0.481 e. The van der Waals surface area contributed by atoms with Gasteiger partial charge in [-0.25, -0.2) is 0 Å². The Morgan fingerprint density at radius 1 is 1.21 bits per heavy atom. The molecule has 4 unspecified atom stereocenters. The smallest absolute Gasteiger partial charge is 0.306 e. The van der Waals surface area contributed by atoms with Crippen molar-refractivity contribution in [1.29, 1.82) is 0 Å². The van der Waals surface area contributed by atoms with Crippen LogP contribution < -0.4 is 0 Å². The van der Waals surface area contributed by atoms with E-state index >= 15 is 0 Å². The van der Waals surface area contributed by atoms with Gasteiger partial charge < -0.3 is 10.0 Å². The van der Waals surface area contributed by atoms with Gasteiger partial charge in [0.15, 0.2) is 0 Å². The molecule has 2 fully saturated rings. The van der Waals surface area contributed by atoms with Crippen molar-refractivity contribution < 1.29 is 14.7 Å². The second-order valence-electron chi connectivity index (χ2n) is 8.35. The maximum atomic E-state index is 13.1. The summed E-state index contributed by atoms with van der Waals surface area (Å²) >= 11 is 0. The van der Waals surface area contributed by atoms with Crippen LogP contribution in [0.15, 0.2) is 18.2 Å². The largest absolute Gasteiger partial charge is 0.481 e. The molecule has 1 aromatic heterocycles. The summed E-state index contributed by atoms with van der Waals surface area (Å²) in [7, 11) is 0. The van der Waals surface area contributed by atoms with Crippen LogP contribution in [0, 0.1) is 18.8 Å². The number of carboxylic acid groups (broad SMARTS) is 1. The quantitative estimate of drug-likeness (QED) is 0.875. The van der Waals surface area contributed by atoms with Crippen LogP contribution in [-0.4, -0.2) is 49.5 Å². The molecule has 1 saturated heterocycles. The number of hydrogen-bond donors (Lipinski definition) is 1. The molecular formula is C21H28N4O3. The number of carbonyl (C=O) groups excluding carboxylic acids is 1. The van der Waals surface area contributed by atoms with Crippen molar-refractivity contribution in [3.63, 3.8) is 0 Å². The van der Waals surface area contributed by atoms with E-state index in [0.717, 1.165) is 42.3 Å². The molecule has 1 saturated carbocycles. The van der Waals surface area contributed by atoms with Crippen molar-refractivity contribution in [2.45, 2.75) is 64.5 Å². The number of aryl methyl sites for hydroxylation is 1. The monoisotopic (exact) mass is 384 g/mol. The fourth-order valence-electron chi connectivity index (χ4n) is 5.01. The number of likely N-dealkylation sites (tertiary alicyclic amines) is 1. The van der Waals surface area contributed by atoms with Gasteiger partial charge in [0, 0.05) is 12.6 Å². The molecule has 2 aliphatic rings. The molecule has 1 aliphatic carbocycles. The molecule has 1 aliphatic heterocycles. The number of nitrogens with zero attached hydrogens (tertiary/aromatic N) is 4. The van der Waals surface area contributed by atoms with E-state index in [2.05, 4.69) is 10.2 Å². The van der Waals surface area contributed by atoms with Gasteiger partial charge in [0.25, 0.3) is 0 Å². The van der Waals surface area contributed by atoms with Crippen LogP contribution in [0.5, 0.6) is 0 Å². The predicted octanol–water partition coefficient (Wildman–Crippen LogP) is 3.18. The zero-order chi connectivity index (χ0) is 19.8. The Morgan fingerprint density at radius 3 is 2.75 bits per heavy atom. The molecule has 28 heavy (non-hydrogen) atoms. The molecule has 0 radical (unpaired) electrons. The van der Waals surface area contributed by atoms with Gasteiger partial charge >= 0.3 is 5.97 Å². The van der Waals surface area contributed by atoms with Crippen molar-refractivity contribution in [3.05, 3.63) is 23.8 Å². The van der Waals surface area contributed by atoms with Crippen LogP contribution in [0.4, 0.5) is 0 Å². The van der Waals surface area contributed by atoms with Crippen LogP contribution in [0.2, 0.25) is 0 Å². The van der Waals surface area contributed by atoms with Crippen molar-refractivity contribution in [2.24, 2.45) is 11.8 Å². The highest BCUT2D eigenvalue weighted by Crippen LogP contribution is 2.39. The first-order valence-electron chi connectivity index (χ1n) is 10.3. The number of carboxylic acids is 1. The molecule has 7 nitrogen and oxygen atoms in total. The minimum absolute atomic E-state index is 0.0650. The van der Waals surface area contributed by atoms with E-state index < -0.39 is 5.97 Å². The summed E-state index contributed by atoms with van der Waals surface area (Å²) in [6, 6.07) is 5.83. The van der Waals surface area contributed by atoms with Gasteiger partial charge in [0.2, 0.25) is 5.91 Å². The molecule has 0 spiro atoms. The Labute approximate surface area is 164 Å². The maximum Gasteiger partial charge on any atom is 0.306 e. The molecule has 150 valence electrons. The molecule has 0 bridgehead atoms. The maximum absolute atomic E-state index is 13.1. The molecule has 7 heteroatoms. The van der Waals surface area contributed by atoms with Crippen LogP contribution in [0.25, 0.3) is 11.0 Å². The first-order chi connectivity index (χ1) is 13.5. The third-order valence-electron chi connectivity index (χ3n) is 6.51. The molecule has 1 amide bonds. The van der Waals surface area contributed by atoms with Crippen LogP contribution in [0.1, 0.15) is 57.1 Å². The summed E-state index contributed by atoms with van der Waals surface area (Å²) in [6.45, 7) is 4.51. The summed E-state index contributed by atoms with van der Waals surface area (Å²) in [6.07, 6.45) is 4.84. The van der Waals surface area contributed by atoms with E-state index in [4.69, 9.17) is 0 Å². The molecule has 2 aromatic rings. The summed E-state index contributed by atoms with van der Waals surface area (Å²) < 4.78 is 0. The Kier molecular flexibility index (Phi) is 5.08. The molecule has 4 atom stereocenters. The third-order valence-corrected chi connectivity index (χ3v) is 6.51. The van der Waals surface area contributed by atoms with Crippen molar-refractivity contribution in [3.8, 4) is 0 Å². The van der Waals surface area contributed by atoms with Gasteiger partial charge in [-0.15, -0.1) is 0 Å². The SMILES string of the molecule is Cc1cccc2nn(C(C)CC(=O)N3CCC(C(=O)O)C4CCCCC43)nc12. The molecule has 1 N–H and O–H groups in total. The van der Waals surface area contributed by atoms with E-state index in [1.165, 1.54) is 0 Å². The average Bonchev–Trinajstić information content (AvgIpc) is 3.13. The molecule has 4 rings (SSSR count). The summed E-state index contributed by atoms with van der Waals surface area (Å²) in [5.74, 6) is -0.841. The highest BCUT2D eigenvalue weighted by atomic mass is 16.4. The highest BCUT2D eigenvalue weighted by molar-refractivity contribution is 5.79. The van der Waals surface area contributed by atoms with Gasteiger partial charge in [-0.3, -0.25) is 9.59 Å². The standard InChI is InChI=1S/C21H28N4O3/c1-13-6-5-8-17-20(13)23-25(22-17)14(2)12-19(26)24-11-10-16(21(27)28)15-7-3-4-9-18(15)24/h5-6,8,14-16,18H,3-4,7,9-12H2,1-2H3,(H,27,28). The van der Waals surface area contributed by atoms with Crippen molar-refractivity contribution in [2.75, 3.05) is 6.54 Å². The number of hydrogen-bond acceptors (Lipinski definition) is 4. The summed E-state index contributed by atoms with van der Waals surface area (Å²) in [5.41, 5.74) is 2.79. The van der Waals surface area contributed by atoms with Crippen LogP contribution in [-0.2, 0) is 9.59 Å². The highest BCUT2D eigenvalue weighted by Gasteiger charge is 2.44. The van der Waals surface area contributed by atoms with Gasteiger partial charge in [0.05, 0.1) is 18.4 Å². The van der Waals surface area contributed by atoms with E-state index in [1.807, 2.05) is 36.9 Å². The number of carbonyl (C=O) groups is 2. The fourth-order valence-corrected chi connectivity index (χ4v) is 5.01. The zero-order valence-electron chi connectivity index (χ0n) is 16.5. The summed E-state index contributed by atoms with van der Waals surface area (Å²) in [5, 5.41) is 18.7. The van der Waals surface area contributed by atoms with Crippen LogP contribution in [0.3, 0.4) is 0 Å². The van der Waals surface area contributed by atoms with Crippen molar-refractivity contribution in [1.82, 2.24) is 19.9 Å². The van der Waals surface area contributed by atoms with Gasteiger partial charge in [0.1, 0.15) is 11.0 Å². The lowest BCUT2D eigenvalue weighted by molar-refractivity contribution is -0.154. The average molecular weight is 384 g/mol. The molecule has 2 heterocycles. The van der Waals surface area contributed by atoms with Crippen LogP contribution >= 0.6 is 0 Å². The number of amides is 1. The first kappa shape index (κ1) is 18.9. The van der Waals surface area contributed by atoms with Gasteiger partial charge in [-0.2, -0.15) is 15.0 Å². The fraction of sp³-hybridized carbons (Fsp3) is 0.619. The number of rotatable bonds is 4. The number of aromatic nitrogens is 3. The van der Waals surface area contributed by atoms with E-state index in [-0.39, 0.29) is 29.8 Å². The molecule has 1 aromatic carbocycles. The molecular weight excluding hydrogens is 356 g/mol. The normalized spacial score (nSPS) is 26.1. The minimum atomic E-state index is -0.708. The summed E-state index contributed by atoms with van der Waals surface area (Å²) in [4.78, 5) is 28.3. The van der Waals surface area contributed by atoms with Crippen molar-refractivity contribution >= 4 is 22.9 Å². The number of piperidine rings is 1. The van der Waals surface area contributed by atoms with Gasteiger partial charge in [-0.1, -0.05) is 25.0 Å². The second kappa shape index (κ2) is 7.53. The number of fused-ring (bicyclic) bond motifs is 2. The Bertz CT molecular complexity index is 893. The Hall–Kier alpha value is -2.44. The van der Waals surface area contributed by atoms with Gasteiger partial charge in [-0.05, 0) is 50.7 Å². The lowest BCUT2D eigenvalue weighted by Crippen LogP contribution is -2.54. The first-order valence-corrected chi connectivity index (χ1v) is 10.3. The topological polar surface area (TPSA) is 88.3 Å². The Morgan fingerprint density at radius 2 is 2.00 bits per heavy atom.